The zero-order valence-corrected chi connectivity index (χ0v) is 16.3. The van der Waals surface area contributed by atoms with Gasteiger partial charge in [-0.3, -0.25) is 4.79 Å². The summed E-state index contributed by atoms with van der Waals surface area (Å²) in [6.07, 6.45) is -4.55. The van der Waals surface area contributed by atoms with Gasteiger partial charge in [0.15, 0.2) is 11.2 Å². The maximum absolute atomic E-state index is 13.0. The fraction of sp³-hybridized carbons (Fsp3) is 0.0870. The first-order chi connectivity index (χ1) is 14.6. The molecule has 0 fully saturated rings. The molecule has 0 aliphatic heterocycles. The van der Waals surface area contributed by atoms with Gasteiger partial charge >= 0.3 is 6.18 Å². The topological polar surface area (TPSA) is 91.5 Å². The highest BCUT2D eigenvalue weighted by Gasteiger charge is 2.31. The molecular formula is C23H17F3N2O3. The third-order valence-corrected chi connectivity index (χ3v) is 4.83. The molecule has 4 N–H and O–H groups in total. The molecule has 8 heteroatoms. The predicted molar refractivity (Wildman–Crippen MR) is 113 cm³/mol. The van der Waals surface area contributed by atoms with Crippen LogP contribution in [0.2, 0.25) is 0 Å². The highest BCUT2D eigenvalue weighted by molar-refractivity contribution is 5.81. The molecule has 0 radical (unpaired) electrons. The average molecular weight is 426 g/mol. The van der Waals surface area contributed by atoms with Gasteiger partial charge in [0.1, 0.15) is 17.1 Å². The van der Waals surface area contributed by atoms with Crippen molar-refractivity contribution >= 4 is 22.3 Å². The van der Waals surface area contributed by atoms with Crippen molar-refractivity contribution in [2.45, 2.75) is 13.1 Å². The second-order valence-electron chi connectivity index (χ2n) is 7.02. The Hall–Kier alpha value is -3.94. The number of alkyl halides is 3. The van der Waals surface area contributed by atoms with Crippen molar-refractivity contribution in [3.63, 3.8) is 0 Å². The summed E-state index contributed by atoms with van der Waals surface area (Å²) in [6, 6.07) is 14.4. The Kier molecular flexibility index (Phi) is 4.85. The molecule has 0 atom stereocenters. The predicted octanol–water partition coefficient (Wildman–Crippen LogP) is 5.74. The van der Waals surface area contributed by atoms with E-state index in [1.165, 1.54) is 6.92 Å². The van der Waals surface area contributed by atoms with E-state index in [9.17, 15) is 18.0 Å². The van der Waals surface area contributed by atoms with Gasteiger partial charge in [0.05, 0.1) is 16.6 Å². The molecule has 0 aliphatic carbocycles. The molecule has 5 nitrogen and oxygen atoms in total. The fourth-order valence-electron chi connectivity index (χ4n) is 3.18. The highest BCUT2D eigenvalue weighted by Crippen LogP contribution is 2.34. The smallest absolute Gasteiger partial charge is 0.416 e. The SMILES string of the molecule is Cc1c(-c2ccc(Oc3cc(N)ccc3N)cc2)oc2ccc(C(F)(F)F)cc2c1=O. The Labute approximate surface area is 174 Å². The third kappa shape index (κ3) is 3.92. The van der Waals surface area contributed by atoms with Crippen molar-refractivity contribution in [3.8, 4) is 22.8 Å². The molecule has 0 amide bonds. The van der Waals surface area contributed by atoms with Crippen molar-refractivity contribution in [2.24, 2.45) is 0 Å². The first-order valence-electron chi connectivity index (χ1n) is 9.21. The van der Waals surface area contributed by atoms with Crippen molar-refractivity contribution in [1.29, 1.82) is 0 Å². The number of hydrogen-bond donors (Lipinski definition) is 2. The number of fused-ring (bicyclic) bond motifs is 1. The Morgan fingerprint density at radius 1 is 0.935 bits per heavy atom. The summed E-state index contributed by atoms with van der Waals surface area (Å²) < 4.78 is 50.4. The lowest BCUT2D eigenvalue weighted by molar-refractivity contribution is -0.137. The van der Waals surface area contributed by atoms with Crippen molar-refractivity contribution in [1.82, 2.24) is 0 Å². The molecule has 158 valence electrons. The van der Waals surface area contributed by atoms with Crippen LogP contribution < -0.4 is 21.6 Å². The lowest BCUT2D eigenvalue weighted by Crippen LogP contribution is -2.10. The van der Waals surface area contributed by atoms with Crippen LogP contribution in [0.1, 0.15) is 11.1 Å². The van der Waals surface area contributed by atoms with Gasteiger partial charge in [0, 0.05) is 22.9 Å². The van der Waals surface area contributed by atoms with E-state index >= 15 is 0 Å². The molecule has 0 unspecified atom stereocenters. The molecule has 3 aromatic carbocycles. The van der Waals surface area contributed by atoms with Gasteiger partial charge in [0.2, 0.25) is 0 Å². The molecule has 0 bridgehead atoms. The largest absolute Gasteiger partial charge is 0.456 e. The number of halogens is 3. The van der Waals surface area contributed by atoms with E-state index in [1.54, 1.807) is 42.5 Å². The molecule has 0 saturated carbocycles. The fourth-order valence-corrected chi connectivity index (χ4v) is 3.18. The first kappa shape index (κ1) is 20.3. The average Bonchev–Trinajstić information content (AvgIpc) is 2.73. The maximum Gasteiger partial charge on any atom is 0.416 e. The molecule has 0 spiro atoms. The summed E-state index contributed by atoms with van der Waals surface area (Å²) in [6.45, 7) is 1.51. The van der Waals surface area contributed by atoms with Gasteiger partial charge < -0.3 is 20.6 Å². The van der Waals surface area contributed by atoms with Crippen LogP contribution in [0.4, 0.5) is 24.5 Å². The van der Waals surface area contributed by atoms with Crippen LogP contribution in [0, 0.1) is 6.92 Å². The summed E-state index contributed by atoms with van der Waals surface area (Å²) >= 11 is 0. The monoisotopic (exact) mass is 426 g/mol. The molecule has 0 aliphatic rings. The van der Waals surface area contributed by atoms with Crippen LogP contribution >= 0.6 is 0 Å². The van der Waals surface area contributed by atoms with Gasteiger partial charge in [-0.2, -0.15) is 13.2 Å². The zero-order chi connectivity index (χ0) is 22.3. The summed E-state index contributed by atoms with van der Waals surface area (Å²) in [5.41, 5.74) is 12.0. The standard InChI is InChI=1S/C23H17F3N2O3/c1-12-21(29)17-10-14(23(24,25)26)4-9-19(17)31-22(12)13-2-6-16(7-3-13)30-20-11-15(27)5-8-18(20)28/h2-11H,27-28H2,1H3. The third-order valence-electron chi connectivity index (χ3n) is 4.83. The van der Waals surface area contributed by atoms with E-state index in [2.05, 4.69) is 0 Å². The van der Waals surface area contributed by atoms with Crippen molar-refractivity contribution < 1.29 is 22.3 Å². The lowest BCUT2D eigenvalue weighted by atomic mass is 10.0. The van der Waals surface area contributed by atoms with Crippen molar-refractivity contribution in [2.75, 3.05) is 11.5 Å². The van der Waals surface area contributed by atoms with Gasteiger partial charge in [-0.25, -0.2) is 0 Å². The number of anilines is 2. The Morgan fingerprint density at radius 3 is 2.32 bits per heavy atom. The second kappa shape index (κ2) is 7.39. The van der Waals surface area contributed by atoms with Crippen LogP contribution in [0.25, 0.3) is 22.3 Å². The molecule has 1 heterocycles. The summed E-state index contributed by atoms with van der Waals surface area (Å²) in [5.74, 6) is 1.16. The second-order valence-corrected chi connectivity index (χ2v) is 7.02. The lowest BCUT2D eigenvalue weighted by Gasteiger charge is -2.11. The summed E-state index contributed by atoms with van der Waals surface area (Å²) in [7, 11) is 0. The number of nitrogens with two attached hydrogens (primary N) is 2. The molecule has 31 heavy (non-hydrogen) atoms. The van der Waals surface area contributed by atoms with E-state index in [0.717, 1.165) is 18.2 Å². The minimum Gasteiger partial charge on any atom is -0.456 e. The number of ether oxygens (including phenoxy) is 1. The van der Waals surface area contributed by atoms with Crippen LogP contribution in [0.5, 0.6) is 11.5 Å². The van der Waals surface area contributed by atoms with E-state index in [0.29, 0.717) is 28.4 Å². The molecule has 4 aromatic rings. The summed E-state index contributed by atoms with van der Waals surface area (Å²) in [4.78, 5) is 12.7. The van der Waals surface area contributed by atoms with Gasteiger partial charge in [0.25, 0.3) is 0 Å². The molecule has 1 aromatic heterocycles. The zero-order valence-electron chi connectivity index (χ0n) is 16.3. The van der Waals surface area contributed by atoms with Gasteiger partial charge in [-0.1, -0.05) is 0 Å². The van der Waals surface area contributed by atoms with E-state index in [1.807, 2.05) is 0 Å². The molecule has 4 rings (SSSR count). The van der Waals surface area contributed by atoms with Crippen LogP contribution in [-0.4, -0.2) is 0 Å². The highest BCUT2D eigenvalue weighted by atomic mass is 19.4. The number of benzene rings is 3. The Morgan fingerprint density at radius 2 is 1.65 bits per heavy atom. The normalized spacial score (nSPS) is 11.6. The Balaban J connectivity index is 1.71. The van der Waals surface area contributed by atoms with Crippen LogP contribution in [0.3, 0.4) is 0 Å². The number of hydrogen-bond acceptors (Lipinski definition) is 5. The Bertz CT molecular complexity index is 1340. The van der Waals surface area contributed by atoms with Crippen LogP contribution in [0.15, 0.2) is 69.9 Å². The minimum atomic E-state index is -4.55. The molecular weight excluding hydrogens is 409 g/mol. The van der Waals surface area contributed by atoms with E-state index < -0.39 is 17.2 Å². The number of nitrogen functional groups attached to an aromatic ring is 2. The number of rotatable bonds is 3. The van der Waals surface area contributed by atoms with Crippen LogP contribution in [-0.2, 0) is 6.18 Å². The van der Waals surface area contributed by atoms with E-state index in [4.69, 9.17) is 20.6 Å². The molecule has 0 saturated heterocycles. The van der Waals surface area contributed by atoms with Gasteiger partial charge in [-0.05, 0) is 61.5 Å². The van der Waals surface area contributed by atoms with E-state index in [-0.39, 0.29) is 22.3 Å². The quantitative estimate of drug-likeness (QED) is 0.408. The summed E-state index contributed by atoms with van der Waals surface area (Å²) in [5, 5.41) is -0.117. The van der Waals surface area contributed by atoms with Crippen molar-refractivity contribution in [3.05, 3.63) is 82.0 Å². The minimum absolute atomic E-state index is 0.0754. The first-order valence-corrected chi connectivity index (χ1v) is 9.21. The maximum atomic E-state index is 13.0. The van der Waals surface area contributed by atoms with Gasteiger partial charge in [-0.15, -0.1) is 0 Å².